The predicted molar refractivity (Wildman–Crippen MR) is 67.6 cm³/mol. The molecule has 1 heterocycles. The van der Waals surface area contributed by atoms with Gasteiger partial charge in [0.25, 0.3) is 5.92 Å². The zero-order valence-electron chi connectivity index (χ0n) is 10.3. The summed E-state index contributed by atoms with van der Waals surface area (Å²) in [6.07, 6.45) is 0. The third-order valence-electron chi connectivity index (χ3n) is 3.34. The summed E-state index contributed by atoms with van der Waals surface area (Å²) >= 11 is 0. The molecule has 3 nitrogen and oxygen atoms in total. The van der Waals surface area contributed by atoms with Crippen LogP contribution < -0.4 is 11.1 Å². The molecule has 2 rings (SSSR count). The molecule has 100 valence electrons. The van der Waals surface area contributed by atoms with Crippen LogP contribution in [0.15, 0.2) is 30.3 Å². The minimum absolute atomic E-state index is 0.00617. The van der Waals surface area contributed by atoms with Crippen LogP contribution in [-0.4, -0.2) is 43.7 Å². The van der Waals surface area contributed by atoms with E-state index in [1.165, 1.54) is 12.1 Å². The fraction of sp³-hybridized carbons (Fsp3) is 0.538. The normalized spacial score (nSPS) is 22.1. The molecule has 0 aliphatic carbocycles. The van der Waals surface area contributed by atoms with Gasteiger partial charge < -0.3 is 11.1 Å². The number of nitrogens with zero attached hydrogens (tertiary/aromatic N) is 1. The van der Waals surface area contributed by atoms with Gasteiger partial charge in [-0.3, -0.25) is 4.90 Å². The standard InChI is InChI=1S/C13H19F2N3/c14-13(15,11-4-2-1-3-5-11)10-18-7-6-17-9-12(18)8-16/h1-5,12,17H,6-10,16H2. The van der Waals surface area contributed by atoms with Crippen molar-refractivity contribution < 1.29 is 8.78 Å². The Bertz CT molecular complexity index is 370. The second kappa shape index (κ2) is 5.73. The molecule has 18 heavy (non-hydrogen) atoms. The highest BCUT2D eigenvalue weighted by Crippen LogP contribution is 2.29. The third kappa shape index (κ3) is 3.04. The lowest BCUT2D eigenvalue weighted by Crippen LogP contribution is -2.56. The molecule has 1 aliphatic rings. The van der Waals surface area contributed by atoms with E-state index in [-0.39, 0.29) is 18.2 Å². The summed E-state index contributed by atoms with van der Waals surface area (Å²) < 4.78 is 28.3. The summed E-state index contributed by atoms with van der Waals surface area (Å²) in [5, 5.41) is 3.17. The Balaban J connectivity index is 2.07. The van der Waals surface area contributed by atoms with Crippen LogP contribution in [0.2, 0.25) is 0 Å². The first-order chi connectivity index (χ1) is 8.63. The van der Waals surface area contributed by atoms with E-state index in [1.807, 2.05) is 0 Å². The first-order valence-corrected chi connectivity index (χ1v) is 6.21. The third-order valence-corrected chi connectivity index (χ3v) is 3.34. The van der Waals surface area contributed by atoms with Gasteiger partial charge in [-0.25, -0.2) is 0 Å². The number of nitrogens with one attached hydrogen (secondary N) is 1. The highest BCUT2D eigenvalue weighted by atomic mass is 19.3. The SMILES string of the molecule is NCC1CNCCN1CC(F)(F)c1ccccc1. The highest BCUT2D eigenvalue weighted by Gasteiger charge is 2.36. The van der Waals surface area contributed by atoms with Crippen molar-refractivity contribution >= 4 is 0 Å². The van der Waals surface area contributed by atoms with Gasteiger partial charge in [0.05, 0.1) is 6.54 Å². The number of piperazine rings is 1. The van der Waals surface area contributed by atoms with Crippen LogP contribution in [0.4, 0.5) is 8.78 Å². The number of alkyl halides is 2. The molecule has 5 heteroatoms. The molecule has 1 aromatic rings. The zero-order chi connectivity index (χ0) is 13.0. The van der Waals surface area contributed by atoms with Gasteiger partial charge in [0.2, 0.25) is 0 Å². The van der Waals surface area contributed by atoms with Crippen molar-refractivity contribution in [2.24, 2.45) is 5.73 Å². The molecule has 0 amide bonds. The van der Waals surface area contributed by atoms with Crippen LogP contribution in [0.25, 0.3) is 0 Å². The number of hydrogen-bond acceptors (Lipinski definition) is 3. The number of benzene rings is 1. The van der Waals surface area contributed by atoms with Crippen molar-refractivity contribution in [3.8, 4) is 0 Å². The van der Waals surface area contributed by atoms with Crippen LogP contribution in [0.3, 0.4) is 0 Å². The molecule has 1 fully saturated rings. The molecule has 1 unspecified atom stereocenters. The summed E-state index contributed by atoms with van der Waals surface area (Å²) in [5.41, 5.74) is 5.69. The minimum atomic E-state index is -2.83. The summed E-state index contributed by atoms with van der Waals surface area (Å²) in [7, 11) is 0. The Kier molecular flexibility index (Phi) is 4.27. The molecule has 1 saturated heterocycles. The first kappa shape index (κ1) is 13.4. The Morgan fingerprint density at radius 1 is 1.33 bits per heavy atom. The fourth-order valence-electron chi connectivity index (χ4n) is 2.27. The topological polar surface area (TPSA) is 41.3 Å². The van der Waals surface area contributed by atoms with Crippen LogP contribution in [-0.2, 0) is 5.92 Å². The maximum absolute atomic E-state index is 14.1. The molecule has 1 aliphatic heterocycles. The molecule has 0 spiro atoms. The van der Waals surface area contributed by atoms with Crippen molar-refractivity contribution in [1.29, 1.82) is 0 Å². The Morgan fingerprint density at radius 3 is 2.72 bits per heavy atom. The molecule has 0 bridgehead atoms. The first-order valence-electron chi connectivity index (χ1n) is 6.21. The van der Waals surface area contributed by atoms with E-state index in [2.05, 4.69) is 5.32 Å². The smallest absolute Gasteiger partial charge is 0.285 e. The lowest BCUT2D eigenvalue weighted by atomic mass is 10.1. The van der Waals surface area contributed by atoms with Crippen LogP contribution >= 0.6 is 0 Å². The predicted octanol–water partition coefficient (Wildman–Crippen LogP) is 1.01. The van der Waals surface area contributed by atoms with Gasteiger partial charge >= 0.3 is 0 Å². The minimum Gasteiger partial charge on any atom is -0.329 e. The molecule has 0 aromatic heterocycles. The van der Waals surface area contributed by atoms with E-state index >= 15 is 0 Å². The van der Waals surface area contributed by atoms with E-state index in [1.54, 1.807) is 23.1 Å². The molecule has 0 saturated carbocycles. The molecule has 1 atom stereocenters. The summed E-state index contributed by atoms with van der Waals surface area (Å²) in [5.74, 6) is -2.83. The van der Waals surface area contributed by atoms with Crippen molar-refractivity contribution in [1.82, 2.24) is 10.2 Å². The van der Waals surface area contributed by atoms with Crippen LogP contribution in [0.5, 0.6) is 0 Å². The van der Waals surface area contributed by atoms with Gasteiger partial charge in [0.15, 0.2) is 0 Å². The summed E-state index contributed by atoms with van der Waals surface area (Å²) in [6.45, 7) is 2.17. The van der Waals surface area contributed by atoms with Gasteiger partial charge in [0, 0.05) is 37.8 Å². The van der Waals surface area contributed by atoms with Crippen LogP contribution in [0, 0.1) is 0 Å². The van der Waals surface area contributed by atoms with E-state index in [0.29, 0.717) is 19.6 Å². The number of hydrogen-bond donors (Lipinski definition) is 2. The van der Waals surface area contributed by atoms with Gasteiger partial charge in [-0.2, -0.15) is 8.78 Å². The second-order valence-electron chi connectivity index (χ2n) is 4.63. The average molecular weight is 255 g/mol. The van der Waals surface area contributed by atoms with E-state index < -0.39 is 5.92 Å². The summed E-state index contributed by atoms with van der Waals surface area (Å²) in [6, 6.07) is 7.96. The van der Waals surface area contributed by atoms with Gasteiger partial charge in [-0.05, 0) is 0 Å². The van der Waals surface area contributed by atoms with Crippen molar-refractivity contribution in [3.05, 3.63) is 35.9 Å². The number of halogens is 2. The molecule has 1 aromatic carbocycles. The van der Waals surface area contributed by atoms with Crippen molar-refractivity contribution in [3.63, 3.8) is 0 Å². The Morgan fingerprint density at radius 2 is 2.06 bits per heavy atom. The van der Waals surface area contributed by atoms with E-state index in [0.717, 1.165) is 6.54 Å². The summed E-state index contributed by atoms with van der Waals surface area (Å²) in [4.78, 5) is 1.78. The second-order valence-corrected chi connectivity index (χ2v) is 4.63. The number of nitrogens with two attached hydrogens (primary N) is 1. The van der Waals surface area contributed by atoms with E-state index in [9.17, 15) is 8.78 Å². The molecular formula is C13H19F2N3. The Hall–Kier alpha value is -1.04. The lowest BCUT2D eigenvalue weighted by Gasteiger charge is -2.37. The molecule has 0 radical (unpaired) electrons. The molecular weight excluding hydrogens is 236 g/mol. The van der Waals surface area contributed by atoms with Crippen LogP contribution in [0.1, 0.15) is 5.56 Å². The quantitative estimate of drug-likeness (QED) is 0.843. The zero-order valence-corrected chi connectivity index (χ0v) is 10.3. The maximum atomic E-state index is 14.1. The van der Waals surface area contributed by atoms with Gasteiger partial charge in [-0.1, -0.05) is 30.3 Å². The highest BCUT2D eigenvalue weighted by molar-refractivity contribution is 5.20. The van der Waals surface area contributed by atoms with Gasteiger partial charge in [-0.15, -0.1) is 0 Å². The maximum Gasteiger partial charge on any atom is 0.285 e. The van der Waals surface area contributed by atoms with Crippen molar-refractivity contribution in [2.75, 3.05) is 32.7 Å². The monoisotopic (exact) mass is 255 g/mol. The van der Waals surface area contributed by atoms with Crippen molar-refractivity contribution in [2.45, 2.75) is 12.0 Å². The average Bonchev–Trinajstić information content (AvgIpc) is 2.40. The fourth-order valence-corrected chi connectivity index (χ4v) is 2.27. The van der Waals surface area contributed by atoms with E-state index in [4.69, 9.17) is 5.73 Å². The molecule has 3 N–H and O–H groups in total. The Labute approximate surface area is 106 Å². The largest absolute Gasteiger partial charge is 0.329 e. The lowest BCUT2D eigenvalue weighted by molar-refractivity contribution is -0.0509. The number of rotatable bonds is 4. The van der Waals surface area contributed by atoms with Gasteiger partial charge in [0.1, 0.15) is 0 Å².